The first kappa shape index (κ1) is 11.5. The van der Waals surface area contributed by atoms with Crippen LogP contribution in [-0.4, -0.2) is 17.5 Å². The number of nitrogens with one attached hydrogen (secondary N) is 1. The van der Waals surface area contributed by atoms with Crippen molar-refractivity contribution in [2.45, 2.75) is 18.9 Å². The van der Waals surface area contributed by atoms with Crippen molar-refractivity contribution in [3.8, 4) is 0 Å². The molecule has 1 heterocycles. The van der Waals surface area contributed by atoms with Gasteiger partial charge >= 0.3 is 0 Å². The van der Waals surface area contributed by atoms with Gasteiger partial charge in [-0.2, -0.15) is 11.8 Å². The van der Waals surface area contributed by atoms with Crippen molar-refractivity contribution in [3.05, 3.63) is 23.8 Å². The molecule has 2 rings (SSSR count). The molecule has 88 valence electrons. The smallest absolute Gasteiger partial charge is 0.183 e. The predicted molar refractivity (Wildman–Crippen MR) is 64.7 cm³/mol. The number of nitrogens with two attached hydrogens (primary N) is 1. The summed E-state index contributed by atoms with van der Waals surface area (Å²) in [6, 6.07) is 2.63. The normalized spacial score (nSPS) is 17.4. The summed E-state index contributed by atoms with van der Waals surface area (Å²) in [5.41, 5.74) is 6.00. The summed E-state index contributed by atoms with van der Waals surface area (Å²) in [6.45, 7) is 0. The van der Waals surface area contributed by atoms with Crippen molar-refractivity contribution in [1.82, 2.24) is 0 Å². The van der Waals surface area contributed by atoms with Crippen molar-refractivity contribution < 1.29 is 8.78 Å². The zero-order valence-corrected chi connectivity index (χ0v) is 9.62. The fourth-order valence-corrected chi connectivity index (χ4v) is 2.86. The zero-order valence-electron chi connectivity index (χ0n) is 8.80. The lowest BCUT2D eigenvalue weighted by Gasteiger charge is -2.24. The van der Waals surface area contributed by atoms with Crippen LogP contribution in [-0.2, 0) is 0 Å². The number of rotatable bonds is 2. The quantitative estimate of drug-likeness (QED) is 0.786. The Balaban J connectivity index is 2.16. The van der Waals surface area contributed by atoms with E-state index < -0.39 is 11.6 Å². The molecule has 1 aliphatic rings. The molecular weight excluding hydrogens is 230 g/mol. The molecule has 0 saturated carbocycles. The second-order valence-electron chi connectivity index (χ2n) is 3.86. The molecule has 0 unspecified atom stereocenters. The van der Waals surface area contributed by atoms with Crippen molar-refractivity contribution in [1.29, 1.82) is 0 Å². The Hall–Kier alpha value is -0.970. The second-order valence-corrected chi connectivity index (χ2v) is 5.08. The van der Waals surface area contributed by atoms with Gasteiger partial charge in [-0.3, -0.25) is 0 Å². The van der Waals surface area contributed by atoms with Crippen LogP contribution >= 0.6 is 11.8 Å². The number of benzene rings is 1. The van der Waals surface area contributed by atoms with E-state index in [1.54, 1.807) is 0 Å². The van der Waals surface area contributed by atoms with Crippen molar-refractivity contribution in [2.24, 2.45) is 0 Å². The number of halogens is 2. The van der Waals surface area contributed by atoms with E-state index in [-0.39, 0.29) is 17.4 Å². The van der Waals surface area contributed by atoms with E-state index in [1.807, 2.05) is 11.8 Å². The Morgan fingerprint density at radius 3 is 2.62 bits per heavy atom. The van der Waals surface area contributed by atoms with Gasteiger partial charge in [-0.1, -0.05) is 0 Å². The molecule has 1 saturated heterocycles. The Morgan fingerprint density at radius 1 is 1.25 bits per heavy atom. The summed E-state index contributed by atoms with van der Waals surface area (Å²) >= 11 is 1.88. The van der Waals surface area contributed by atoms with Crippen LogP contribution in [0.15, 0.2) is 12.1 Å². The van der Waals surface area contributed by atoms with Gasteiger partial charge in [0.2, 0.25) is 0 Å². The number of thioether (sulfide) groups is 1. The number of hydrogen-bond donors (Lipinski definition) is 2. The van der Waals surface area contributed by atoms with Crippen LogP contribution in [0.2, 0.25) is 0 Å². The third kappa shape index (κ3) is 2.40. The van der Waals surface area contributed by atoms with E-state index in [0.717, 1.165) is 30.4 Å². The molecule has 1 aromatic rings. The summed E-state index contributed by atoms with van der Waals surface area (Å²) in [5, 5.41) is 3.00. The maximum atomic E-state index is 13.5. The molecule has 0 spiro atoms. The minimum atomic E-state index is -0.877. The maximum Gasteiger partial charge on any atom is 0.183 e. The minimum absolute atomic E-state index is 0.108. The fraction of sp³-hybridized carbons (Fsp3) is 0.455. The first-order valence-electron chi connectivity index (χ1n) is 5.26. The Morgan fingerprint density at radius 2 is 1.94 bits per heavy atom. The van der Waals surface area contributed by atoms with Gasteiger partial charge in [-0.15, -0.1) is 0 Å². The summed E-state index contributed by atoms with van der Waals surface area (Å²) in [7, 11) is 0. The Labute approximate surface area is 97.6 Å². The first-order valence-corrected chi connectivity index (χ1v) is 6.41. The molecule has 2 nitrogen and oxygen atoms in total. The Kier molecular flexibility index (Phi) is 3.53. The fourth-order valence-electron chi connectivity index (χ4n) is 1.76. The van der Waals surface area contributed by atoms with Crippen molar-refractivity contribution >= 4 is 23.1 Å². The number of hydrogen-bond acceptors (Lipinski definition) is 3. The third-order valence-corrected chi connectivity index (χ3v) is 3.75. The average Bonchev–Trinajstić information content (AvgIpc) is 2.31. The predicted octanol–water partition coefficient (Wildman–Crippen LogP) is 2.85. The number of anilines is 2. The molecule has 0 aromatic heterocycles. The highest BCUT2D eigenvalue weighted by atomic mass is 32.2. The molecular formula is C11H14F2N2S. The second kappa shape index (κ2) is 4.91. The highest BCUT2D eigenvalue weighted by Gasteiger charge is 2.18. The van der Waals surface area contributed by atoms with Crippen LogP contribution in [0.3, 0.4) is 0 Å². The van der Waals surface area contributed by atoms with Gasteiger partial charge in [0.25, 0.3) is 0 Å². The van der Waals surface area contributed by atoms with E-state index >= 15 is 0 Å². The zero-order chi connectivity index (χ0) is 11.5. The Bertz CT molecular complexity index is 378. The highest BCUT2D eigenvalue weighted by molar-refractivity contribution is 7.99. The summed E-state index contributed by atoms with van der Waals surface area (Å²) in [6.07, 6.45) is 1.92. The van der Waals surface area contributed by atoms with Gasteiger partial charge in [-0.05, 0) is 36.5 Å². The largest absolute Gasteiger partial charge is 0.397 e. The highest BCUT2D eigenvalue weighted by Crippen LogP contribution is 2.28. The molecule has 0 aliphatic carbocycles. The van der Waals surface area contributed by atoms with Crippen LogP contribution in [0.4, 0.5) is 20.2 Å². The molecule has 1 fully saturated rings. The van der Waals surface area contributed by atoms with Gasteiger partial charge in [0, 0.05) is 6.04 Å². The number of nitrogen functional groups attached to an aromatic ring is 1. The lowest BCUT2D eigenvalue weighted by Crippen LogP contribution is -2.25. The lowest BCUT2D eigenvalue weighted by molar-refractivity contribution is 0.509. The van der Waals surface area contributed by atoms with Gasteiger partial charge in [0.05, 0.1) is 11.4 Å². The van der Waals surface area contributed by atoms with Crippen LogP contribution in [0.1, 0.15) is 12.8 Å². The van der Waals surface area contributed by atoms with Crippen molar-refractivity contribution in [3.63, 3.8) is 0 Å². The molecule has 5 heteroatoms. The molecule has 0 atom stereocenters. The first-order chi connectivity index (χ1) is 7.68. The topological polar surface area (TPSA) is 38.0 Å². The molecule has 3 N–H and O–H groups in total. The molecule has 16 heavy (non-hydrogen) atoms. The maximum absolute atomic E-state index is 13.5. The molecule has 0 bridgehead atoms. The van der Waals surface area contributed by atoms with Gasteiger partial charge in [-0.25, -0.2) is 8.78 Å². The van der Waals surface area contributed by atoms with Crippen LogP contribution in [0.5, 0.6) is 0 Å². The van der Waals surface area contributed by atoms with E-state index in [2.05, 4.69) is 5.32 Å². The average molecular weight is 244 g/mol. The van der Waals surface area contributed by atoms with E-state index in [0.29, 0.717) is 0 Å². The van der Waals surface area contributed by atoms with Crippen LogP contribution < -0.4 is 11.1 Å². The van der Waals surface area contributed by atoms with Gasteiger partial charge in [0.1, 0.15) is 0 Å². The van der Waals surface area contributed by atoms with Crippen LogP contribution in [0, 0.1) is 11.6 Å². The standard InChI is InChI=1S/C11H14F2N2S/c12-8-1-2-9(14)11(10(8)13)15-7-3-5-16-6-4-7/h1-2,7,15H,3-6,14H2. The monoisotopic (exact) mass is 244 g/mol. The molecule has 0 radical (unpaired) electrons. The SMILES string of the molecule is Nc1ccc(F)c(F)c1NC1CCSCC1. The molecule has 1 aliphatic heterocycles. The van der Waals surface area contributed by atoms with Gasteiger partial charge < -0.3 is 11.1 Å². The molecule has 0 amide bonds. The molecule has 1 aromatic carbocycles. The third-order valence-electron chi connectivity index (χ3n) is 2.70. The van der Waals surface area contributed by atoms with Gasteiger partial charge in [0.15, 0.2) is 11.6 Å². The van der Waals surface area contributed by atoms with E-state index in [9.17, 15) is 8.78 Å². The van der Waals surface area contributed by atoms with E-state index in [4.69, 9.17) is 5.73 Å². The summed E-state index contributed by atoms with van der Waals surface area (Å²) < 4.78 is 26.5. The minimum Gasteiger partial charge on any atom is -0.397 e. The summed E-state index contributed by atoms with van der Waals surface area (Å²) in [5.74, 6) is 0.364. The lowest BCUT2D eigenvalue weighted by atomic mass is 10.1. The summed E-state index contributed by atoms with van der Waals surface area (Å²) in [4.78, 5) is 0. The van der Waals surface area contributed by atoms with Crippen LogP contribution in [0.25, 0.3) is 0 Å². The van der Waals surface area contributed by atoms with E-state index in [1.165, 1.54) is 6.07 Å². The van der Waals surface area contributed by atoms with Crippen molar-refractivity contribution in [2.75, 3.05) is 22.6 Å².